The van der Waals surface area contributed by atoms with Crippen LogP contribution in [0.2, 0.25) is 0 Å². The van der Waals surface area contributed by atoms with Gasteiger partial charge in [-0.3, -0.25) is 0 Å². The SMILES string of the molecule is CCCC=Cc1c(C)c(C)c(C)c(C)c1C. The normalized spacial score (nSPS) is 11.4. The third kappa shape index (κ3) is 2.37. The van der Waals surface area contributed by atoms with E-state index in [-0.39, 0.29) is 0 Å². The van der Waals surface area contributed by atoms with Gasteiger partial charge in [0.2, 0.25) is 0 Å². The van der Waals surface area contributed by atoms with Crippen LogP contribution < -0.4 is 0 Å². The second-order valence-corrected chi connectivity index (χ2v) is 4.73. The Labute approximate surface area is 100 Å². The lowest BCUT2D eigenvalue weighted by molar-refractivity contribution is 0.962. The molecule has 0 saturated carbocycles. The Morgan fingerprint density at radius 1 is 0.750 bits per heavy atom. The molecule has 0 heteroatoms. The van der Waals surface area contributed by atoms with Crippen LogP contribution >= 0.6 is 0 Å². The van der Waals surface area contributed by atoms with E-state index < -0.39 is 0 Å². The molecule has 88 valence electrons. The minimum absolute atomic E-state index is 1.17. The molecule has 0 nitrogen and oxygen atoms in total. The highest BCUT2D eigenvalue weighted by Crippen LogP contribution is 2.27. The van der Waals surface area contributed by atoms with Gasteiger partial charge in [0.15, 0.2) is 0 Å². The average molecular weight is 216 g/mol. The summed E-state index contributed by atoms with van der Waals surface area (Å²) in [7, 11) is 0. The van der Waals surface area contributed by atoms with Gasteiger partial charge in [-0.25, -0.2) is 0 Å². The fourth-order valence-corrected chi connectivity index (χ4v) is 2.15. The van der Waals surface area contributed by atoms with Crippen molar-refractivity contribution in [3.63, 3.8) is 0 Å². The molecule has 0 radical (unpaired) electrons. The Kier molecular flexibility index (Phi) is 4.35. The highest BCUT2D eigenvalue weighted by atomic mass is 14.1. The number of hydrogen-bond donors (Lipinski definition) is 0. The number of allylic oxidation sites excluding steroid dienone is 1. The zero-order valence-electron chi connectivity index (χ0n) is 11.6. The van der Waals surface area contributed by atoms with Crippen molar-refractivity contribution in [3.8, 4) is 0 Å². The highest BCUT2D eigenvalue weighted by Gasteiger charge is 2.09. The van der Waals surface area contributed by atoms with E-state index in [1.165, 1.54) is 46.2 Å². The van der Waals surface area contributed by atoms with Crippen molar-refractivity contribution in [2.24, 2.45) is 0 Å². The average Bonchev–Trinajstić information content (AvgIpc) is 2.28. The van der Waals surface area contributed by atoms with Gasteiger partial charge in [-0.2, -0.15) is 0 Å². The zero-order valence-corrected chi connectivity index (χ0v) is 11.6. The molecule has 0 saturated heterocycles. The lowest BCUT2D eigenvalue weighted by Gasteiger charge is -2.16. The van der Waals surface area contributed by atoms with Gasteiger partial charge in [0.25, 0.3) is 0 Å². The minimum atomic E-state index is 1.17. The van der Waals surface area contributed by atoms with Gasteiger partial charge in [0.05, 0.1) is 0 Å². The van der Waals surface area contributed by atoms with E-state index in [0.29, 0.717) is 0 Å². The Bertz CT molecular complexity index is 380. The van der Waals surface area contributed by atoms with Crippen molar-refractivity contribution in [3.05, 3.63) is 39.5 Å². The molecule has 0 aliphatic rings. The zero-order chi connectivity index (χ0) is 12.3. The van der Waals surface area contributed by atoms with E-state index in [1.807, 2.05) is 0 Å². The largest absolute Gasteiger partial charge is 0.0839 e. The van der Waals surface area contributed by atoms with Gasteiger partial charge in [-0.05, 0) is 74.4 Å². The van der Waals surface area contributed by atoms with Crippen molar-refractivity contribution < 1.29 is 0 Å². The summed E-state index contributed by atoms with van der Waals surface area (Å²) in [5.41, 5.74) is 8.64. The van der Waals surface area contributed by atoms with Crippen LogP contribution in [0.3, 0.4) is 0 Å². The summed E-state index contributed by atoms with van der Waals surface area (Å²) in [5, 5.41) is 0. The lowest BCUT2D eigenvalue weighted by atomic mass is 9.89. The molecule has 0 unspecified atom stereocenters. The summed E-state index contributed by atoms with van der Waals surface area (Å²) < 4.78 is 0. The summed E-state index contributed by atoms with van der Waals surface area (Å²) in [4.78, 5) is 0. The van der Waals surface area contributed by atoms with Crippen molar-refractivity contribution in [1.82, 2.24) is 0 Å². The molecule has 0 amide bonds. The predicted octanol–water partition coefficient (Wildman–Crippen LogP) is 5.04. The molecule has 1 aromatic rings. The van der Waals surface area contributed by atoms with E-state index in [9.17, 15) is 0 Å². The first-order chi connectivity index (χ1) is 7.50. The van der Waals surface area contributed by atoms with Gasteiger partial charge in [-0.15, -0.1) is 0 Å². The van der Waals surface area contributed by atoms with E-state index in [2.05, 4.69) is 53.7 Å². The Balaban J connectivity index is 3.29. The Hall–Kier alpha value is -1.04. The topological polar surface area (TPSA) is 0 Å². The van der Waals surface area contributed by atoms with Gasteiger partial charge in [0.1, 0.15) is 0 Å². The predicted molar refractivity (Wildman–Crippen MR) is 74.1 cm³/mol. The van der Waals surface area contributed by atoms with Crippen LogP contribution in [0.15, 0.2) is 6.08 Å². The third-order valence-corrected chi connectivity index (χ3v) is 3.80. The van der Waals surface area contributed by atoms with Crippen LogP contribution in [0.25, 0.3) is 6.08 Å². The van der Waals surface area contributed by atoms with E-state index in [4.69, 9.17) is 0 Å². The van der Waals surface area contributed by atoms with E-state index >= 15 is 0 Å². The lowest BCUT2D eigenvalue weighted by Crippen LogP contribution is -1.99. The first-order valence-corrected chi connectivity index (χ1v) is 6.24. The molecular formula is C16H24. The van der Waals surface area contributed by atoms with Crippen molar-refractivity contribution in [1.29, 1.82) is 0 Å². The molecule has 0 fully saturated rings. The van der Waals surface area contributed by atoms with Gasteiger partial charge in [-0.1, -0.05) is 25.5 Å². The van der Waals surface area contributed by atoms with Crippen molar-refractivity contribution in [2.75, 3.05) is 0 Å². The molecule has 0 atom stereocenters. The fourth-order valence-electron chi connectivity index (χ4n) is 2.15. The Morgan fingerprint density at radius 2 is 1.19 bits per heavy atom. The van der Waals surface area contributed by atoms with Crippen LogP contribution in [-0.2, 0) is 0 Å². The highest BCUT2D eigenvalue weighted by molar-refractivity contribution is 5.63. The molecule has 0 aromatic heterocycles. The fraction of sp³-hybridized carbons (Fsp3) is 0.500. The molecule has 0 N–H and O–H groups in total. The summed E-state index contributed by atoms with van der Waals surface area (Å²) in [6, 6.07) is 0. The van der Waals surface area contributed by atoms with E-state index in [1.54, 1.807) is 0 Å². The van der Waals surface area contributed by atoms with Crippen LogP contribution in [0.4, 0.5) is 0 Å². The Morgan fingerprint density at radius 3 is 1.62 bits per heavy atom. The molecule has 0 spiro atoms. The summed E-state index contributed by atoms with van der Waals surface area (Å²) in [6.07, 6.45) is 6.99. The van der Waals surface area contributed by atoms with Crippen LogP contribution in [0.1, 0.15) is 53.1 Å². The molecule has 0 bridgehead atoms. The van der Waals surface area contributed by atoms with Crippen LogP contribution in [0.5, 0.6) is 0 Å². The second kappa shape index (κ2) is 5.34. The van der Waals surface area contributed by atoms with E-state index in [0.717, 1.165) is 0 Å². The maximum absolute atomic E-state index is 2.30. The molecule has 0 aliphatic heterocycles. The van der Waals surface area contributed by atoms with Gasteiger partial charge >= 0.3 is 0 Å². The first kappa shape index (κ1) is 13.0. The molecule has 1 aromatic carbocycles. The molecule has 1 rings (SSSR count). The van der Waals surface area contributed by atoms with Gasteiger partial charge in [0, 0.05) is 0 Å². The maximum atomic E-state index is 2.30. The maximum Gasteiger partial charge on any atom is -0.0196 e. The summed E-state index contributed by atoms with van der Waals surface area (Å²) >= 11 is 0. The number of benzene rings is 1. The minimum Gasteiger partial charge on any atom is -0.0839 e. The third-order valence-electron chi connectivity index (χ3n) is 3.80. The first-order valence-electron chi connectivity index (χ1n) is 6.24. The molecule has 0 aliphatic carbocycles. The second-order valence-electron chi connectivity index (χ2n) is 4.73. The standard InChI is InChI=1S/C16H24/c1-7-8-9-10-16-14(5)12(3)11(2)13(4)15(16)6/h9-10H,7-8H2,1-6H3. The van der Waals surface area contributed by atoms with Gasteiger partial charge < -0.3 is 0 Å². The smallest absolute Gasteiger partial charge is 0.0196 e. The molecule has 0 heterocycles. The quantitative estimate of drug-likeness (QED) is 0.664. The van der Waals surface area contributed by atoms with Crippen molar-refractivity contribution in [2.45, 2.75) is 54.4 Å². The molecule has 16 heavy (non-hydrogen) atoms. The van der Waals surface area contributed by atoms with Crippen molar-refractivity contribution >= 4 is 6.08 Å². The number of unbranched alkanes of at least 4 members (excludes halogenated alkanes) is 1. The van der Waals surface area contributed by atoms with Crippen LogP contribution in [0, 0.1) is 34.6 Å². The number of rotatable bonds is 3. The monoisotopic (exact) mass is 216 g/mol. The molecular weight excluding hydrogens is 192 g/mol. The number of hydrogen-bond acceptors (Lipinski definition) is 0. The van der Waals surface area contributed by atoms with Crippen LogP contribution in [-0.4, -0.2) is 0 Å². The summed E-state index contributed by atoms with van der Waals surface area (Å²) in [6.45, 7) is 13.4. The summed E-state index contributed by atoms with van der Waals surface area (Å²) in [5.74, 6) is 0.